The molecule has 3 nitrogen and oxygen atoms in total. The van der Waals surface area contributed by atoms with Gasteiger partial charge in [0.1, 0.15) is 11.0 Å². The van der Waals surface area contributed by atoms with Gasteiger partial charge in [-0.05, 0) is 30.3 Å². The van der Waals surface area contributed by atoms with Crippen LogP contribution in [0.25, 0.3) is 0 Å². The van der Waals surface area contributed by atoms with E-state index >= 15 is 0 Å². The Labute approximate surface area is 113 Å². The number of amides is 1. The highest BCUT2D eigenvalue weighted by molar-refractivity contribution is 6.33. The van der Waals surface area contributed by atoms with Gasteiger partial charge in [-0.2, -0.15) is 0 Å². The molecule has 0 aliphatic carbocycles. The number of hydrogen-bond acceptors (Lipinski definition) is 2. The molecule has 2 rings (SSSR count). The van der Waals surface area contributed by atoms with Crippen molar-refractivity contribution < 1.29 is 9.18 Å². The van der Waals surface area contributed by atoms with E-state index in [1.165, 1.54) is 30.5 Å². The topological polar surface area (TPSA) is 42.0 Å². The molecule has 0 spiro atoms. The number of hydrogen-bond donors (Lipinski definition) is 1. The zero-order chi connectivity index (χ0) is 13.1. The fourth-order valence-corrected chi connectivity index (χ4v) is 1.71. The number of carbonyl (C=O) groups excluding carboxylic acids is 1. The van der Waals surface area contributed by atoms with Crippen molar-refractivity contribution in [1.82, 2.24) is 4.98 Å². The molecular formula is C12H7Cl2FN2O. The molecular weight excluding hydrogens is 278 g/mol. The van der Waals surface area contributed by atoms with Crippen LogP contribution in [0.3, 0.4) is 0 Å². The van der Waals surface area contributed by atoms with Crippen LogP contribution in [0.15, 0.2) is 36.5 Å². The van der Waals surface area contributed by atoms with Crippen molar-refractivity contribution in [1.29, 1.82) is 0 Å². The molecule has 6 heteroatoms. The molecule has 1 amide bonds. The Bertz CT molecular complexity index is 604. The van der Waals surface area contributed by atoms with E-state index in [2.05, 4.69) is 10.3 Å². The van der Waals surface area contributed by atoms with E-state index in [9.17, 15) is 9.18 Å². The lowest BCUT2D eigenvalue weighted by Crippen LogP contribution is -2.12. The highest BCUT2D eigenvalue weighted by Gasteiger charge is 2.11. The number of aromatic nitrogens is 1. The van der Waals surface area contributed by atoms with Crippen LogP contribution in [0.1, 0.15) is 10.4 Å². The molecule has 0 saturated heterocycles. The van der Waals surface area contributed by atoms with Crippen LogP contribution < -0.4 is 5.32 Å². The molecule has 18 heavy (non-hydrogen) atoms. The fourth-order valence-electron chi connectivity index (χ4n) is 1.33. The van der Waals surface area contributed by atoms with Crippen molar-refractivity contribution in [2.75, 3.05) is 5.32 Å². The van der Waals surface area contributed by atoms with E-state index < -0.39 is 11.7 Å². The minimum atomic E-state index is -0.547. The first kappa shape index (κ1) is 12.8. The van der Waals surface area contributed by atoms with Crippen LogP contribution in [0, 0.1) is 5.82 Å². The average Bonchev–Trinajstić information content (AvgIpc) is 2.34. The van der Waals surface area contributed by atoms with E-state index in [1.807, 2.05) is 0 Å². The van der Waals surface area contributed by atoms with Crippen molar-refractivity contribution in [3.8, 4) is 0 Å². The van der Waals surface area contributed by atoms with Crippen LogP contribution in [-0.4, -0.2) is 10.9 Å². The number of carbonyl (C=O) groups is 1. The SMILES string of the molecule is O=C(Nc1ccc(F)c(Cl)c1)c1cccnc1Cl. The summed E-state index contributed by atoms with van der Waals surface area (Å²) in [5.41, 5.74) is 0.617. The number of nitrogens with one attached hydrogen (secondary N) is 1. The summed E-state index contributed by atoms with van der Waals surface area (Å²) in [6, 6.07) is 7.03. The molecule has 92 valence electrons. The summed E-state index contributed by atoms with van der Waals surface area (Å²) in [4.78, 5) is 15.7. The number of halogens is 3. The van der Waals surface area contributed by atoms with Crippen molar-refractivity contribution in [2.24, 2.45) is 0 Å². The zero-order valence-corrected chi connectivity index (χ0v) is 10.5. The Morgan fingerprint density at radius 1 is 1.28 bits per heavy atom. The second-order valence-corrected chi connectivity index (χ2v) is 4.19. The fraction of sp³-hybridized carbons (Fsp3) is 0. The lowest BCUT2D eigenvalue weighted by molar-refractivity contribution is 0.102. The molecule has 0 bridgehead atoms. The maximum atomic E-state index is 12.9. The molecule has 1 heterocycles. The van der Waals surface area contributed by atoms with Crippen molar-refractivity contribution in [3.63, 3.8) is 0 Å². The minimum absolute atomic E-state index is 0.0647. The second-order valence-electron chi connectivity index (χ2n) is 3.42. The standard InChI is InChI=1S/C12H7Cl2FN2O/c13-9-6-7(3-4-10(9)15)17-12(18)8-2-1-5-16-11(8)14/h1-6H,(H,17,18). The van der Waals surface area contributed by atoms with Gasteiger partial charge in [-0.15, -0.1) is 0 Å². The van der Waals surface area contributed by atoms with E-state index in [-0.39, 0.29) is 15.7 Å². The first-order valence-corrected chi connectivity index (χ1v) is 5.70. The number of pyridine rings is 1. The molecule has 0 atom stereocenters. The van der Waals surface area contributed by atoms with Gasteiger partial charge in [0, 0.05) is 11.9 Å². The summed E-state index contributed by atoms with van der Waals surface area (Å²) in [6.45, 7) is 0. The molecule has 0 fully saturated rings. The normalized spacial score (nSPS) is 10.2. The highest BCUT2D eigenvalue weighted by Crippen LogP contribution is 2.20. The third-order valence-electron chi connectivity index (χ3n) is 2.18. The van der Waals surface area contributed by atoms with Crippen LogP contribution in [0.5, 0.6) is 0 Å². The number of nitrogens with zero attached hydrogens (tertiary/aromatic N) is 1. The summed E-state index contributed by atoms with van der Waals surface area (Å²) in [5.74, 6) is -0.982. The Morgan fingerprint density at radius 3 is 2.72 bits per heavy atom. The molecule has 0 saturated carbocycles. The molecule has 0 unspecified atom stereocenters. The average molecular weight is 285 g/mol. The zero-order valence-electron chi connectivity index (χ0n) is 8.95. The third-order valence-corrected chi connectivity index (χ3v) is 2.77. The van der Waals surface area contributed by atoms with Gasteiger partial charge in [-0.1, -0.05) is 23.2 Å². The predicted octanol–water partition coefficient (Wildman–Crippen LogP) is 3.78. The van der Waals surface area contributed by atoms with Crippen molar-refractivity contribution in [3.05, 3.63) is 58.1 Å². The van der Waals surface area contributed by atoms with Gasteiger partial charge in [0.25, 0.3) is 5.91 Å². The molecule has 1 N–H and O–H groups in total. The smallest absolute Gasteiger partial charge is 0.258 e. The van der Waals surface area contributed by atoms with Gasteiger partial charge >= 0.3 is 0 Å². The predicted molar refractivity (Wildman–Crippen MR) is 68.6 cm³/mol. The van der Waals surface area contributed by atoms with Gasteiger partial charge in [0.05, 0.1) is 10.6 Å². The minimum Gasteiger partial charge on any atom is -0.322 e. The first-order valence-electron chi connectivity index (χ1n) is 4.95. The molecule has 0 aliphatic rings. The highest BCUT2D eigenvalue weighted by atomic mass is 35.5. The van der Waals surface area contributed by atoms with Gasteiger partial charge in [0.2, 0.25) is 0 Å². The Kier molecular flexibility index (Phi) is 3.79. The van der Waals surface area contributed by atoms with Crippen molar-refractivity contribution in [2.45, 2.75) is 0 Å². The van der Waals surface area contributed by atoms with Crippen LogP contribution >= 0.6 is 23.2 Å². The van der Waals surface area contributed by atoms with Gasteiger partial charge in [-0.3, -0.25) is 4.79 Å². The van der Waals surface area contributed by atoms with E-state index in [0.717, 1.165) is 0 Å². The van der Waals surface area contributed by atoms with Crippen LogP contribution in [-0.2, 0) is 0 Å². The summed E-state index contributed by atoms with van der Waals surface area (Å²) < 4.78 is 12.9. The lowest BCUT2D eigenvalue weighted by atomic mass is 10.2. The largest absolute Gasteiger partial charge is 0.322 e. The summed E-state index contributed by atoms with van der Waals surface area (Å²) in [7, 11) is 0. The Balaban J connectivity index is 2.22. The molecule has 1 aromatic heterocycles. The van der Waals surface area contributed by atoms with Gasteiger partial charge < -0.3 is 5.32 Å². The lowest BCUT2D eigenvalue weighted by Gasteiger charge is -2.06. The summed E-state index contributed by atoms with van der Waals surface area (Å²) in [5, 5.41) is 2.59. The van der Waals surface area contributed by atoms with Gasteiger partial charge in [0.15, 0.2) is 0 Å². The molecule has 2 aromatic rings. The molecule has 0 aliphatic heterocycles. The number of benzene rings is 1. The van der Waals surface area contributed by atoms with Crippen molar-refractivity contribution >= 4 is 34.8 Å². The maximum absolute atomic E-state index is 12.9. The number of rotatable bonds is 2. The first-order chi connectivity index (χ1) is 8.58. The molecule has 0 radical (unpaired) electrons. The van der Waals surface area contributed by atoms with Crippen LogP contribution in [0.2, 0.25) is 10.2 Å². The summed E-state index contributed by atoms with van der Waals surface area (Å²) >= 11 is 11.4. The Morgan fingerprint density at radius 2 is 2.06 bits per heavy atom. The molecule has 1 aromatic carbocycles. The maximum Gasteiger partial charge on any atom is 0.258 e. The van der Waals surface area contributed by atoms with Crippen LogP contribution in [0.4, 0.5) is 10.1 Å². The van der Waals surface area contributed by atoms with Gasteiger partial charge in [-0.25, -0.2) is 9.37 Å². The Hall–Kier alpha value is -1.65. The van der Waals surface area contributed by atoms with E-state index in [0.29, 0.717) is 5.69 Å². The quantitative estimate of drug-likeness (QED) is 0.853. The van der Waals surface area contributed by atoms with E-state index in [1.54, 1.807) is 6.07 Å². The second kappa shape index (κ2) is 5.33. The summed E-state index contributed by atoms with van der Waals surface area (Å²) in [6.07, 6.45) is 1.48. The number of anilines is 1. The monoisotopic (exact) mass is 284 g/mol. The third kappa shape index (κ3) is 2.78. The van der Waals surface area contributed by atoms with E-state index in [4.69, 9.17) is 23.2 Å².